The highest BCUT2D eigenvalue weighted by Crippen LogP contribution is 2.48. The average Bonchev–Trinajstić information content (AvgIpc) is 3.11. The molecule has 4 amide bonds. The van der Waals surface area contributed by atoms with Crippen LogP contribution in [0, 0.1) is 10.1 Å². The third kappa shape index (κ3) is 8.30. The summed E-state index contributed by atoms with van der Waals surface area (Å²) in [5.74, 6) is 1.20. The number of nitrogens with one attached hydrogen (secondary N) is 2. The van der Waals surface area contributed by atoms with Crippen LogP contribution in [-0.4, -0.2) is 55.2 Å². The Balaban J connectivity index is 0.000000212. The van der Waals surface area contributed by atoms with Crippen LogP contribution in [0.15, 0.2) is 93.9 Å². The molecule has 0 saturated heterocycles. The second-order valence-corrected chi connectivity index (χ2v) is 14.0. The van der Waals surface area contributed by atoms with Gasteiger partial charge in [0.05, 0.1) is 38.7 Å². The average molecular weight is 905 g/mol. The molecule has 4 aromatic rings. The van der Waals surface area contributed by atoms with E-state index in [1.165, 1.54) is 38.5 Å². The van der Waals surface area contributed by atoms with Crippen LogP contribution in [0.2, 0.25) is 0 Å². The Bertz CT molecular complexity index is 2090. The van der Waals surface area contributed by atoms with Gasteiger partial charge in [-0.15, -0.1) is 0 Å². The molecule has 0 fully saturated rings. The first-order chi connectivity index (χ1) is 25.7. The number of nitro groups is 1. The summed E-state index contributed by atoms with van der Waals surface area (Å²) in [6.45, 7) is -1.53. The largest absolute Gasteiger partial charge is 0.497 e. The molecular formula is C35H29Br2F6N5O7. The normalized spacial score (nSPS) is 19.3. The summed E-state index contributed by atoms with van der Waals surface area (Å²) in [5, 5.41) is 24.8. The highest BCUT2D eigenvalue weighted by Gasteiger charge is 2.64. The lowest BCUT2D eigenvalue weighted by Crippen LogP contribution is -2.65. The number of ether oxygens (including phenoxy) is 2. The summed E-state index contributed by atoms with van der Waals surface area (Å²) in [6.07, 6.45) is -10.2. The van der Waals surface area contributed by atoms with Crippen molar-refractivity contribution in [1.29, 1.82) is 0 Å². The van der Waals surface area contributed by atoms with E-state index < -0.39 is 58.3 Å². The molecule has 55 heavy (non-hydrogen) atoms. The number of amides is 4. The lowest BCUT2D eigenvalue weighted by molar-refractivity contribution is -0.503. The Labute approximate surface area is 325 Å². The van der Waals surface area contributed by atoms with Gasteiger partial charge in [-0.3, -0.25) is 25.2 Å². The number of fused-ring (bicyclic) bond motifs is 2. The van der Waals surface area contributed by atoms with Crippen molar-refractivity contribution in [3.05, 3.63) is 126 Å². The second-order valence-electron chi connectivity index (χ2n) is 12.2. The van der Waals surface area contributed by atoms with Crippen molar-refractivity contribution < 1.29 is 55.4 Å². The summed E-state index contributed by atoms with van der Waals surface area (Å²) in [7, 11) is 3.01. The molecule has 0 spiro atoms. The minimum atomic E-state index is -5.09. The number of hydrogen-bond acceptors (Lipinski definition) is 7. The monoisotopic (exact) mass is 903 g/mol. The zero-order valence-electron chi connectivity index (χ0n) is 28.5. The Hall–Kier alpha value is -5.08. The first-order valence-electron chi connectivity index (χ1n) is 15.8. The molecule has 2 aliphatic heterocycles. The summed E-state index contributed by atoms with van der Waals surface area (Å²) in [4.78, 5) is 37.3. The number of hydrogen-bond donors (Lipinski definition) is 3. The molecule has 0 bridgehead atoms. The third-order valence-electron chi connectivity index (χ3n) is 8.71. The standard InChI is InChI=1S/C18H15BrF3N3O4.C17H14BrF3N2O3/c1-29-13-5-2-11(3-6-13)9-24-15-7-4-12(19)8-14(15)17(10-25(27)28,18(20,21)22)23-16(24)26;1-26-12-5-2-10(3-6-12)9-23-14-7-4-11(18)8-13(14)16(25,17(19,20)21)22-15(23)24/h2-8H,9-10H2,1H3,(H,23,26);2-8,25H,9H2,1H3,(H,22,24). The predicted octanol–water partition coefficient (Wildman–Crippen LogP) is 8.12. The van der Waals surface area contributed by atoms with Crippen LogP contribution >= 0.6 is 31.9 Å². The number of methoxy groups -OCH3 is 2. The SMILES string of the molecule is COc1ccc(CN2C(=O)NC(C[N+](=O)[O-])(C(F)(F)F)c3cc(Br)ccc32)cc1.COc1ccc(CN2C(=O)NC(O)(C(F)(F)F)c3cc(Br)ccc32)cc1. The molecule has 0 aromatic heterocycles. The van der Waals surface area contributed by atoms with Gasteiger partial charge in [0, 0.05) is 25.0 Å². The molecule has 292 valence electrons. The van der Waals surface area contributed by atoms with Gasteiger partial charge >= 0.3 is 24.4 Å². The number of halogens is 8. The van der Waals surface area contributed by atoms with E-state index in [1.54, 1.807) is 53.8 Å². The van der Waals surface area contributed by atoms with Crippen molar-refractivity contribution >= 4 is 55.3 Å². The van der Waals surface area contributed by atoms with Crippen molar-refractivity contribution in [2.24, 2.45) is 0 Å². The number of aliphatic hydroxyl groups is 1. The van der Waals surface area contributed by atoms with Gasteiger partial charge < -0.3 is 19.9 Å². The van der Waals surface area contributed by atoms with E-state index in [4.69, 9.17) is 9.47 Å². The predicted molar refractivity (Wildman–Crippen MR) is 193 cm³/mol. The minimum Gasteiger partial charge on any atom is -0.497 e. The summed E-state index contributed by atoms with van der Waals surface area (Å²) in [6, 6.07) is 19.3. The molecule has 4 aromatic carbocycles. The molecule has 20 heteroatoms. The molecule has 2 heterocycles. The number of rotatable bonds is 8. The quantitative estimate of drug-likeness (QED) is 0.0920. The van der Waals surface area contributed by atoms with Gasteiger partial charge in [0.15, 0.2) is 0 Å². The maximum absolute atomic E-state index is 14.0. The molecule has 0 aliphatic carbocycles. The summed E-state index contributed by atoms with van der Waals surface area (Å²) in [5.41, 5.74) is -6.19. The molecule has 0 radical (unpaired) electrons. The Kier molecular flexibility index (Phi) is 11.6. The number of benzene rings is 4. The zero-order valence-corrected chi connectivity index (χ0v) is 31.6. The smallest absolute Gasteiger partial charge is 0.441 e. The van der Waals surface area contributed by atoms with Crippen LogP contribution in [0.25, 0.3) is 0 Å². The number of carbonyl (C=O) groups excluding carboxylic acids is 2. The molecule has 2 aliphatic rings. The zero-order chi connectivity index (χ0) is 40.5. The summed E-state index contributed by atoms with van der Waals surface area (Å²) >= 11 is 6.21. The maximum Gasteiger partial charge on any atom is 0.441 e. The lowest BCUT2D eigenvalue weighted by Gasteiger charge is -2.42. The van der Waals surface area contributed by atoms with E-state index in [2.05, 4.69) is 31.9 Å². The van der Waals surface area contributed by atoms with E-state index in [-0.39, 0.29) is 24.5 Å². The van der Waals surface area contributed by atoms with Crippen LogP contribution in [0.5, 0.6) is 11.5 Å². The molecule has 0 saturated carbocycles. The summed E-state index contributed by atoms with van der Waals surface area (Å²) < 4.78 is 93.1. The molecular weight excluding hydrogens is 876 g/mol. The fourth-order valence-corrected chi connectivity index (χ4v) is 6.66. The van der Waals surface area contributed by atoms with Gasteiger partial charge in [-0.05, 0) is 71.8 Å². The van der Waals surface area contributed by atoms with Gasteiger partial charge in [0.25, 0.3) is 5.72 Å². The first kappa shape index (κ1) is 41.1. The number of nitrogens with zero attached hydrogens (tertiary/aromatic N) is 3. The topological polar surface area (TPSA) is 147 Å². The first-order valence-corrected chi connectivity index (χ1v) is 17.3. The second kappa shape index (κ2) is 15.6. The van der Waals surface area contributed by atoms with Gasteiger partial charge in [0.2, 0.25) is 12.1 Å². The molecule has 6 rings (SSSR count). The molecule has 2 unspecified atom stereocenters. The van der Waals surface area contributed by atoms with E-state index in [0.717, 1.165) is 21.9 Å². The van der Waals surface area contributed by atoms with E-state index in [0.29, 0.717) is 31.6 Å². The van der Waals surface area contributed by atoms with Crippen molar-refractivity contribution in [2.75, 3.05) is 30.6 Å². The van der Waals surface area contributed by atoms with Crippen molar-refractivity contribution in [1.82, 2.24) is 10.6 Å². The minimum absolute atomic E-state index is 0.0207. The highest BCUT2D eigenvalue weighted by atomic mass is 79.9. The number of alkyl halides is 6. The van der Waals surface area contributed by atoms with Crippen molar-refractivity contribution in [2.45, 2.75) is 36.7 Å². The Morgan fingerprint density at radius 2 is 1.13 bits per heavy atom. The van der Waals surface area contributed by atoms with E-state index in [1.807, 2.05) is 5.32 Å². The fourth-order valence-electron chi connectivity index (χ4n) is 5.94. The maximum atomic E-state index is 14.0. The Morgan fingerprint density at radius 3 is 1.53 bits per heavy atom. The highest BCUT2D eigenvalue weighted by molar-refractivity contribution is 9.10. The van der Waals surface area contributed by atoms with Gasteiger partial charge in [-0.25, -0.2) is 9.59 Å². The van der Waals surface area contributed by atoms with Gasteiger partial charge in [-0.1, -0.05) is 56.1 Å². The van der Waals surface area contributed by atoms with Gasteiger partial charge in [0.1, 0.15) is 11.5 Å². The lowest BCUT2D eigenvalue weighted by atomic mass is 9.85. The molecule has 3 N–H and O–H groups in total. The molecule has 2 atom stereocenters. The van der Waals surface area contributed by atoms with E-state index >= 15 is 0 Å². The van der Waals surface area contributed by atoms with E-state index in [9.17, 15) is 51.2 Å². The van der Waals surface area contributed by atoms with Crippen LogP contribution < -0.4 is 29.9 Å². The van der Waals surface area contributed by atoms with Crippen molar-refractivity contribution in [3.63, 3.8) is 0 Å². The van der Waals surface area contributed by atoms with Crippen LogP contribution in [-0.2, 0) is 24.4 Å². The van der Waals surface area contributed by atoms with Crippen molar-refractivity contribution in [3.8, 4) is 11.5 Å². The van der Waals surface area contributed by atoms with Crippen LogP contribution in [0.4, 0.5) is 47.3 Å². The number of carbonyl (C=O) groups is 2. The van der Waals surface area contributed by atoms with Gasteiger partial charge in [-0.2, -0.15) is 26.3 Å². The molecule has 12 nitrogen and oxygen atoms in total. The fraction of sp³-hybridized carbons (Fsp3) is 0.257. The number of anilines is 2. The van der Waals surface area contributed by atoms with Crippen LogP contribution in [0.1, 0.15) is 22.3 Å². The Morgan fingerprint density at radius 1 is 0.709 bits per heavy atom. The van der Waals surface area contributed by atoms with Crippen LogP contribution in [0.3, 0.4) is 0 Å². The third-order valence-corrected chi connectivity index (χ3v) is 9.69. The number of urea groups is 2.